The van der Waals surface area contributed by atoms with Gasteiger partial charge in [-0.15, -0.1) is 0 Å². The summed E-state index contributed by atoms with van der Waals surface area (Å²) < 4.78 is 5.54. The molecule has 1 N–H and O–H groups in total. The highest BCUT2D eigenvalue weighted by atomic mass is 32.2. The van der Waals surface area contributed by atoms with Gasteiger partial charge >= 0.3 is 0 Å². The van der Waals surface area contributed by atoms with E-state index in [4.69, 9.17) is 4.42 Å². The molecule has 0 bridgehead atoms. The fourth-order valence-electron chi connectivity index (χ4n) is 2.75. The molecule has 0 radical (unpaired) electrons. The predicted octanol–water partition coefficient (Wildman–Crippen LogP) is 2.15. The van der Waals surface area contributed by atoms with Crippen molar-refractivity contribution in [2.75, 3.05) is 12.3 Å². The van der Waals surface area contributed by atoms with Crippen LogP contribution in [-0.2, 0) is 12.0 Å². The molecule has 2 nitrogen and oxygen atoms in total. The van der Waals surface area contributed by atoms with Crippen LogP contribution in [0.1, 0.15) is 24.7 Å². The Morgan fingerprint density at radius 2 is 2.57 bits per heavy atom. The summed E-state index contributed by atoms with van der Waals surface area (Å²) in [6.45, 7) is 3.39. The lowest BCUT2D eigenvalue weighted by Gasteiger charge is -2.37. The largest absolute Gasteiger partial charge is 0.469 e. The van der Waals surface area contributed by atoms with Gasteiger partial charge in [-0.25, -0.2) is 0 Å². The third-order valence-electron chi connectivity index (χ3n) is 3.58. The van der Waals surface area contributed by atoms with Gasteiger partial charge in [-0.3, -0.25) is 0 Å². The van der Waals surface area contributed by atoms with E-state index in [-0.39, 0.29) is 5.54 Å². The van der Waals surface area contributed by atoms with E-state index in [1.54, 1.807) is 0 Å². The predicted molar refractivity (Wildman–Crippen MR) is 58.6 cm³/mol. The molecule has 2 atom stereocenters. The maximum atomic E-state index is 5.54. The SMILES string of the molecule is CC1SCCC12NCCc1occc12. The summed E-state index contributed by atoms with van der Waals surface area (Å²) in [5.74, 6) is 2.47. The summed E-state index contributed by atoms with van der Waals surface area (Å²) >= 11 is 2.07. The highest BCUT2D eigenvalue weighted by Gasteiger charge is 2.45. The Morgan fingerprint density at radius 1 is 1.64 bits per heavy atom. The van der Waals surface area contributed by atoms with Gasteiger partial charge in [0, 0.05) is 23.8 Å². The fourth-order valence-corrected chi connectivity index (χ4v) is 4.16. The van der Waals surface area contributed by atoms with Crippen molar-refractivity contribution in [3.63, 3.8) is 0 Å². The van der Waals surface area contributed by atoms with E-state index in [0.717, 1.165) is 13.0 Å². The van der Waals surface area contributed by atoms with Crippen LogP contribution in [-0.4, -0.2) is 17.5 Å². The van der Waals surface area contributed by atoms with Crippen LogP contribution in [0.15, 0.2) is 16.7 Å². The topological polar surface area (TPSA) is 25.2 Å². The molecule has 0 aromatic carbocycles. The molecule has 2 unspecified atom stereocenters. The van der Waals surface area contributed by atoms with Gasteiger partial charge in [0.25, 0.3) is 0 Å². The van der Waals surface area contributed by atoms with E-state index in [1.807, 2.05) is 6.26 Å². The first-order valence-corrected chi connectivity index (χ1v) is 6.31. The fraction of sp³-hybridized carbons (Fsp3) is 0.636. The Hall–Kier alpha value is -0.410. The monoisotopic (exact) mass is 209 g/mol. The zero-order valence-electron chi connectivity index (χ0n) is 8.38. The average molecular weight is 209 g/mol. The van der Waals surface area contributed by atoms with Crippen LogP contribution in [0.5, 0.6) is 0 Å². The van der Waals surface area contributed by atoms with Crippen LogP contribution >= 0.6 is 11.8 Å². The van der Waals surface area contributed by atoms with E-state index in [9.17, 15) is 0 Å². The standard InChI is InChI=1S/C11H15NOS/c1-8-11(4-7-14-8)9-3-6-13-10(9)2-5-12-11/h3,6,8,12H,2,4-5,7H2,1H3. The molecule has 2 aliphatic heterocycles. The number of hydrogen-bond acceptors (Lipinski definition) is 3. The first-order chi connectivity index (χ1) is 6.83. The summed E-state index contributed by atoms with van der Waals surface area (Å²) in [5, 5.41) is 4.37. The molecule has 14 heavy (non-hydrogen) atoms. The normalized spacial score (nSPS) is 36.2. The molecule has 0 saturated carbocycles. The van der Waals surface area contributed by atoms with Crippen molar-refractivity contribution in [3.05, 3.63) is 23.7 Å². The van der Waals surface area contributed by atoms with Crippen LogP contribution in [0, 0.1) is 0 Å². The maximum absolute atomic E-state index is 5.54. The van der Waals surface area contributed by atoms with Crippen LogP contribution < -0.4 is 5.32 Å². The summed E-state index contributed by atoms with van der Waals surface area (Å²) in [6.07, 6.45) is 4.13. The van der Waals surface area contributed by atoms with Gasteiger partial charge < -0.3 is 9.73 Å². The van der Waals surface area contributed by atoms with E-state index >= 15 is 0 Å². The minimum absolute atomic E-state index is 0.214. The van der Waals surface area contributed by atoms with Gasteiger partial charge in [-0.1, -0.05) is 6.92 Å². The number of hydrogen-bond donors (Lipinski definition) is 1. The second-order valence-electron chi connectivity index (χ2n) is 4.17. The third-order valence-corrected chi connectivity index (χ3v) is 4.92. The highest BCUT2D eigenvalue weighted by Crippen LogP contribution is 2.45. The lowest BCUT2D eigenvalue weighted by Crippen LogP contribution is -2.50. The van der Waals surface area contributed by atoms with E-state index in [0.29, 0.717) is 5.25 Å². The van der Waals surface area contributed by atoms with Crippen LogP contribution in [0.2, 0.25) is 0 Å². The van der Waals surface area contributed by atoms with Crippen molar-refractivity contribution in [2.24, 2.45) is 0 Å². The molecule has 3 heterocycles. The lowest BCUT2D eigenvalue weighted by molar-refractivity contribution is 0.300. The zero-order chi connectivity index (χ0) is 9.60. The molecule has 2 aliphatic rings. The smallest absolute Gasteiger partial charge is 0.110 e. The molecular formula is C11H15NOS. The van der Waals surface area contributed by atoms with Gasteiger partial charge in [0.15, 0.2) is 0 Å². The van der Waals surface area contributed by atoms with Crippen LogP contribution in [0.3, 0.4) is 0 Å². The lowest BCUT2D eigenvalue weighted by atomic mass is 9.82. The van der Waals surface area contributed by atoms with Crippen LogP contribution in [0.4, 0.5) is 0 Å². The summed E-state index contributed by atoms with van der Waals surface area (Å²) in [4.78, 5) is 0. The molecule has 0 amide bonds. The third kappa shape index (κ3) is 1.03. The van der Waals surface area contributed by atoms with Gasteiger partial charge in [-0.05, 0) is 18.2 Å². The van der Waals surface area contributed by atoms with Crippen molar-refractivity contribution < 1.29 is 4.42 Å². The molecule has 1 aromatic rings. The Morgan fingerprint density at radius 3 is 3.36 bits per heavy atom. The molecule has 1 saturated heterocycles. The van der Waals surface area contributed by atoms with Crippen molar-refractivity contribution in [3.8, 4) is 0 Å². The summed E-state index contributed by atoms with van der Waals surface area (Å²) in [6, 6.07) is 2.16. The molecule has 76 valence electrons. The second-order valence-corrected chi connectivity index (χ2v) is 5.62. The first-order valence-electron chi connectivity index (χ1n) is 5.26. The number of thioether (sulfide) groups is 1. The minimum atomic E-state index is 0.214. The molecule has 3 heteroatoms. The average Bonchev–Trinajstić information content (AvgIpc) is 2.76. The summed E-state index contributed by atoms with van der Waals surface area (Å²) in [5.41, 5.74) is 1.63. The van der Waals surface area contributed by atoms with Gasteiger partial charge in [0.05, 0.1) is 11.8 Å². The number of fused-ring (bicyclic) bond motifs is 2. The van der Waals surface area contributed by atoms with Crippen molar-refractivity contribution >= 4 is 11.8 Å². The van der Waals surface area contributed by atoms with E-state index < -0.39 is 0 Å². The van der Waals surface area contributed by atoms with E-state index in [2.05, 4.69) is 30.1 Å². The van der Waals surface area contributed by atoms with Crippen molar-refractivity contribution in [2.45, 2.75) is 30.6 Å². The molecule has 1 spiro atoms. The Kier molecular flexibility index (Phi) is 1.92. The highest BCUT2D eigenvalue weighted by molar-refractivity contribution is 8.00. The van der Waals surface area contributed by atoms with Crippen molar-refractivity contribution in [1.29, 1.82) is 0 Å². The molecule has 1 fully saturated rings. The number of furan rings is 1. The Balaban J connectivity index is 2.10. The zero-order valence-corrected chi connectivity index (χ0v) is 9.19. The number of nitrogens with one attached hydrogen (secondary N) is 1. The Labute approximate surface area is 88.4 Å². The van der Waals surface area contributed by atoms with Crippen molar-refractivity contribution in [1.82, 2.24) is 5.32 Å². The van der Waals surface area contributed by atoms with Crippen LogP contribution in [0.25, 0.3) is 0 Å². The quantitative estimate of drug-likeness (QED) is 0.708. The summed E-state index contributed by atoms with van der Waals surface area (Å²) in [7, 11) is 0. The Bertz CT molecular complexity index is 349. The van der Waals surface area contributed by atoms with E-state index in [1.165, 1.54) is 23.5 Å². The molecule has 0 aliphatic carbocycles. The number of rotatable bonds is 0. The minimum Gasteiger partial charge on any atom is -0.469 e. The molecule has 3 rings (SSSR count). The first kappa shape index (κ1) is 8.86. The van der Waals surface area contributed by atoms with Gasteiger partial charge in [-0.2, -0.15) is 11.8 Å². The molecule has 1 aromatic heterocycles. The van der Waals surface area contributed by atoms with Gasteiger partial charge in [0.1, 0.15) is 5.76 Å². The second kappa shape index (κ2) is 3.04. The molecular weight excluding hydrogens is 194 g/mol. The van der Waals surface area contributed by atoms with Gasteiger partial charge in [0.2, 0.25) is 0 Å². The maximum Gasteiger partial charge on any atom is 0.110 e.